The van der Waals surface area contributed by atoms with Crippen LogP contribution in [0.3, 0.4) is 0 Å². The number of nitrogens with one attached hydrogen (secondary N) is 1. The zero-order chi connectivity index (χ0) is 21.5. The fourth-order valence-corrected chi connectivity index (χ4v) is 3.27. The summed E-state index contributed by atoms with van der Waals surface area (Å²) in [6.07, 6.45) is 2.01. The Kier molecular flexibility index (Phi) is 7.13. The lowest BCUT2D eigenvalue weighted by atomic mass is 10.1. The first kappa shape index (κ1) is 21.4. The summed E-state index contributed by atoms with van der Waals surface area (Å²) >= 11 is 1.65. The number of hydrogen-bond acceptors (Lipinski definition) is 6. The molecular formula is C22H23N3O4S. The Labute approximate surface area is 179 Å². The Hall–Kier alpha value is -3.26. The summed E-state index contributed by atoms with van der Waals surface area (Å²) in [7, 11) is 3.12. The summed E-state index contributed by atoms with van der Waals surface area (Å²) in [6.45, 7) is 0.132. The molecule has 0 aliphatic heterocycles. The van der Waals surface area contributed by atoms with E-state index in [1.807, 2.05) is 36.6 Å². The van der Waals surface area contributed by atoms with E-state index in [4.69, 9.17) is 9.47 Å². The smallest absolute Gasteiger partial charge is 0.267 e. The van der Waals surface area contributed by atoms with Crippen LogP contribution in [0, 0.1) is 0 Å². The van der Waals surface area contributed by atoms with Gasteiger partial charge in [-0.15, -0.1) is 11.8 Å². The minimum absolute atomic E-state index is 0.164. The van der Waals surface area contributed by atoms with Gasteiger partial charge < -0.3 is 14.8 Å². The van der Waals surface area contributed by atoms with Crippen molar-refractivity contribution >= 4 is 17.7 Å². The number of thioether (sulfide) groups is 1. The summed E-state index contributed by atoms with van der Waals surface area (Å²) in [6, 6.07) is 16.4. The molecule has 0 fully saturated rings. The van der Waals surface area contributed by atoms with Crippen LogP contribution in [0.1, 0.15) is 5.56 Å². The molecule has 0 bridgehead atoms. The fourth-order valence-electron chi connectivity index (χ4n) is 2.86. The molecule has 0 aliphatic carbocycles. The number of hydrogen-bond donors (Lipinski definition) is 1. The maximum Gasteiger partial charge on any atom is 0.267 e. The highest BCUT2D eigenvalue weighted by molar-refractivity contribution is 7.98. The number of benzene rings is 2. The minimum atomic E-state index is -0.333. The van der Waals surface area contributed by atoms with Gasteiger partial charge in [-0.3, -0.25) is 9.59 Å². The quantitative estimate of drug-likeness (QED) is 0.559. The van der Waals surface area contributed by atoms with Gasteiger partial charge in [0.2, 0.25) is 5.91 Å². The third-order valence-electron chi connectivity index (χ3n) is 4.48. The van der Waals surface area contributed by atoms with E-state index in [-0.39, 0.29) is 18.0 Å². The van der Waals surface area contributed by atoms with Gasteiger partial charge in [0.15, 0.2) is 11.5 Å². The Morgan fingerprint density at radius 1 is 1.03 bits per heavy atom. The van der Waals surface area contributed by atoms with E-state index in [2.05, 4.69) is 10.4 Å². The topological polar surface area (TPSA) is 82.5 Å². The Morgan fingerprint density at radius 3 is 2.43 bits per heavy atom. The second-order valence-electron chi connectivity index (χ2n) is 6.41. The molecule has 2 aromatic carbocycles. The third kappa shape index (κ3) is 5.21. The monoisotopic (exact) mass is 425 g/mol. The van der Waals surface area contributed by atoms with E-state index in [9.17, 15) is 9.59 Å². The number of methoxy groups -OCH3 is 2. The predicted octanol–water partition coefficient (Wildman–Crippen LogP) is 2.97. The zero-order valence-electron chi connectivity index (χ0n) is 17.0. The van der Waals surface area contributed by atoms with E-state index < -0.39 is 0 Å². The maximum atomic E-state index is 12.4. The van der Waals surface area contributed by atoms with Crippen molar-refractivity contribution in [3.05, 3.63) is 70.5 Å². The summed E-state index contributed by atoms with van der Waals surface area (Å²) in [5.74, 6) is 0.891. The molecule has 3 rings (SSSR count). The normalized spacial score (nSPS) is 10.5. The average Bonchev–Trinajstić information content (AvgIpc) is 2.79. The largest absolute Gasteiger partial charge is 0.493 e. The van der Waals surface area contributed by atoms with Crippen LogP contribution in [0.2, 0.25) is 0 Å². The maximum absolute atomic E-state index is 12.4. The molecule has 0 atom stereocenters. The van der Waals surface area contributed by atoms with Gasteiger partial charge in [0.1, 0.15) is 6.54 Å². The lowest BCUT2D eigenvalue weighted by Gasteiger charge is -2.11. The second kappa shape index (κ2) is 9.98. The fraction of sp³-hybridized carbons (Fsp3) is 0.227. The lowest BCUT2D eigenvalue weighted by molar-refractivity contribution is -0.122. The number of nitrogens with zero attached hydrogens (tertiary/aromatic N) is 2. The van der Waals surface area contributed by atoms with Crippen LogP contribution in [0.15, 0.2) is 64.3 Å². The van der Waals surface area contributed by atoms with Crippen LogP contribution in [-0.4, -0.2) is 36.2 Å². The van der Waals surface area contributed by atoms with Crippen molar-refractivity contribution < 1.29 is 14.3 Å². The number of carbonyl (C=O) groups excluding carboxylic acids is 1. The number of aromatic nitrogens is 2. The zero-order valence-corrected chi connectivity index (χ0v) is 17.9. The van der Waals surface area contributed by atoms with Crippen LogP contribution < -0.4 is 20.3 Å². The van der Waals surface area contributed by atoms with E-state index in [0.29, 0.717) is 23.7 Å². The first-order valence-electron chi connectivity index (χ1n) is 9.24. The molecule has 0 spiro atoms. The SMILES string of the molecule is COc1ccc(CNC(=O)Cn2nc(-c3ccc(SC)cc3)ccc2=O)cc1OC. The van der Waals surface area contributed by atoms with Crippen molar-refractivity contribution in [3.8, 4) is 22.8 Å². The Morgan fingerprint density at radius 2 is 1.77 bits per heavy atom. The molecule has 0 saturated heterocycles. The summed E-state index contributed by atoms with van der Waals surface area (Å²) in [4.78, 5) is 25.7. The van der Waals surface area contributed by atoms with Gasteiger partial charge in [0, 0.05) is 23.1 Å². The molecule has 3 aromatic rings. The van der Waals surface area contributed by atoms with Crippen LogP contribution in [-0.2, 0) is 17.9 Å². The van der Waals surface area contributed by atoms with Gasteiger partial charge in [0.05, 0.1) is 19.9 Å². The summed E-state index contributed by atoms with van der Waals surface area (Å²) in [5.41, 5.74) is 2.03. The molecule has 7 nitrogen and oxygen atoms in total. The van der Waals surface area contributed by atoms with E-state index >= 15 is 0 Å². The lowest BCUT2D eigenvalue weighted by Crippen LogP contribution is -2.33. The molecule has 1 heterocycles. The number of rotatable bonds is 8. The predicted molar refractivity (Wildman–Crippen MR) is 117 cm³/mol. The highest BCUT2D eigenvalue weighted by Crippen LogP contribution is 2.27. The average molecular weight is 426 g/mol. The van der Waals surface area contributed by atoms with E-state index in [0.717, 1.165) is 16.0 Å². The van der Waals surface area contributed by atoms with Gasteiger partial charge in [0.25, 0.3) is 5.56 Å². The molecule has 1 aromatic heterocycles. The standard InChI is InChI=1S/C22H23N3O4S/c1-28-19-10-4-15(12-20(19)29-2)13-23-21(26)14-25-22(27)11-9-18(24-25)16-5-7-17(30-3)8-6-16/h4-12H,13-14H2,1-3H3,(H,23,26). The molecule has 8 heteroatoms. The third-order valence-corrected chi connectivity index (χ3v) is 5.23. The van der Waals surface area contributed by atoms with Crippen LogP contribution in [0.4, 0.5) is 0 Å². The van der Waals surface area contributed by atoms with Gasteiger partial charge >= 0.3 is 0 Å². The Bertz CT molecular complexity index is 1080. The first-order chi connectivity index (χ1) is 14.5. The Balaban J connectivity index is 1.68. The molecule has 30 heavy (non-hydrogen) atoms. The van der Waals surface area contributed by atoms with Crippen molar-refractivity contribution in [2.45, 2.75) is 18.0 Å². The molecule has 1 amide bonds. The molecule has 0 radical (unpaired) electrons. The minimum Gasteiger partial charge on any atom is -0.493 e. The van der Waals surface area contributed by atoms with Crippen molar-refractivity contribution in [1.29, 1.82) is 0 Å². The van der Waals surface area contributed by atoms with Crippen molar-refractivity contribution in [2.75, 3.05) is 20.5 Å². The summed E-state index contributed by atoms with van der Waals surface area (Å²) < 4.78 is 11.6. The van der Waals surface area contributed by atoms with Crippen molar-refractivity contribution in [3.63, 3.8) is 0 Å². The molecule has 1 N–H and O–H groups in total. The molecule has 0 saturated carbocycles. The van der Waals surface area contributed by atoms with Crippen molar-refractivity contribution in [2.24, 2.45) is 0 Å². The first-order valence-corrected chi connectivity index (χ1v) is 10.5. The molecule has 156 valence electrons. The van der Waals surface area contributed by atoms with Crippen LogP contribution >= 0.6 is 11.8 Å². The second-order valence-corrected chi connectivity index (χ2v) is 7.29. The van der Waals surface area contributed by atoms with E-state index in [1.54, 1.807) is 44.2 Å². The van der Waals surface area contributed by atoms with Gasteiger partial charge in [-0.2, -0.15) is 5.10 Å². The number of ether oxygens (including phenoxy) is 2. The van der Waals surface area contributed by atoms with E-state index in [1.165, 1.54) is 10.7 Å². The highest BCUT2D eigenvalue weighted by atomic mass is 32.2. The number of carbonyl (C=O) groups is 1. The molecular weight excluding hydrogens is 402 g/mol. The molecule has 0 aliphatic rings. The highest BCUT2D eigenvalue weighted by Gasteiger charge is 2.10. The molecule has 0 unspecified atom stereocenters. The van der Waals surface area contributed by atoms with Crippen LogP contribution in [0.5, 0.6) is 11.5 Å². The van der Waals surface area contributed by atoms with Gasteiger partial charge in [-0.1, -0.05) is 18.2 Å². The van der Waals surface area contributed by atoms with Gasteiger partial charge in [-0.25, -0.2) is 4.68 Å². The van der Waals surface area contributed by atoms with Crippen molar-refractivity contribution in [1.82, 2.24) is 15.1 Å². The van der Waals surface area contributed by atoms with Crippen LogP contribution in [0.25, 0.3) is 11.3 Å². The summed E-state index contributed by atoms with van der Waals surface area (Å²) in [5, 5.41) is 7.14. The number of amides is 1. The van der Waals surface area contributed by atoms with Gasteiger partial charge in [-0.05, 0) is 42.2 Å².